The summed E-state index contributed by atoms with van der Waals surface area (Å²) >= 11 is 0. The van der Waals surface area contributed by atoms with Crippen LogP contribution in [0.5, 0.6) is 0 Å². The first-order chi connectivity index (χ1) is 13.4. The molecule has 1 aliphatic rings. The molecule has 0 bridgehead atoms. The lowest BCUT2D eigenvalue weighted by atomic mass is 10.0. The molecule has 0 spiro atoms. The predicted octanol–water partition coefficient (Wildman–Crippen LogP) is 2.11. The summed E-state index contributed by atoms with van der Waals surface area (Å²) in [7, 11) is 0. The fourth-order valence-corrected chi connectivity index (χ4v) is 3.03. The van der Waals surface area contributed by atoms with Gasteiger partial charge in [-0.3, -0.25) is 9.59 Å². The Hall–Kier alpha value is -1.93. The molecule has 0 aromatic rings. The van der Waals surface area contributed by atoms with E-state index in [1.807, 2.05) is 0 Å². The number of hydrogen-bond acceptors (Lipinski definition) is 7. The molecule has 0 amide bonds. The molecule has 0 aromatic carbocycles. The zero-order valence-corrected chi connectivity index (χ0v) is 16.3. The Morgan fingerprint density at radius 2 is 1.64 bits per heavy atom. The van der Waals surface area contributed by atoms with E-state index in [1.54, 1.807) is 0 Å². The lowest BCUT2D eigenvalue weighted by Gasteiger charge is -2.21. The van der Waals surface area contributed by atoms with Gasteiger partial charge in [0.05, 0.1) is 19.4 Å². The average molecular weight is 400 g/mol. The largest absolute Gasteiger partial charge is 0.481 e. The quantitative estimate of drug-likeness (QED) is 0.598. The van der Waals surface area contributed by atoms with Crippen LogP contribution in [0.15, 0.2) is 12.2 Å². The third-order valence-corrected chi connectivity index (χ3v) is 4.64. The van der Waals surface area contributed by atoms with E-state index < -0.39 is 36.2 Å². The van der Waals surface area contributed by atoms with E-state index in [9.17, 15) is 24.6 Å². The van der Waals surface area contributed by atoms with Crippen LogP contribution in [-0.2, 0) is 23.9 Å². The van der Waals surface area contributed by atoms with Gasteiger partial charge in [0, 0.05) is 6.08 Å². The first kappa shape index (κ1) is 24.1. The summed E-state index contributed by atoms with van der Waals surface area (Å²) in [5, 5.41) is 28.3. The van der Waals surface area contributed by atoms with Crippen molar-refractivity contribution in [3.8, 4) is 0 Å². The molecular formula is C20H32O8. The molecule has 3 N–H and O–H groups in total. The van der Waals surface area contributed by atoms with Crippen LogP contribution in [-0.4, -0.2) is 58.1 Å². The van der Waals surface area contributed by atoms with E-state index in [0.29, 0.717) is 12.8 Å². The van der Waals surface area contributed by atoms with Gasteiger partial charge in [0.25, 0.3) is 0 Å². The summed E-state index contributed by atoms with van der Waals surface area (Å²) in [6, 6.07) is 0. The standard InChI is InChI=1S/C20H32O8/c21-14-15-8-6-4-2-1-3-5-7-9-17(16(22)10-12-19(25)27-15)28-20(26)13-11-18(23)24/h10,12,15-17,21-22H,1-9,11,13-14H2,(H,23,24). The first-order valence-corrected chi connectivity index (χ1v) is 10.0. The van der Waals surface area contributed by atoms with Crippen molar-refractivity contribution >= 4 is 17.9 Å². The lowest BCUT2D eigenvalue weighted by molar-refractivity contribution is -0.156. The molecule has 1 aliphatic heterocycles. The number of carboxylic acid groups (broad SMARTS) is 1. The highest BCUT2D eigenvalue weighted by Crippen LogP contribution is 2.17. The van der Waals surface area contributed by atoms with Crippen LogP contribution in [0.2, 0.25) is 0 Å². The molecule has 0 saturated carbocycles. The Morgan fingerprint density at radius 1 is 1.04 bits per heavy atom. The number of carbonyl (C=O) groups excluding carboxylic acids is 2. The number of carboxylic acids is 1. The third-order valence-electron chi connectivity index (χ3n) is 4.64. The summed E-state index contributed by atoms with van der Waals surface area (Å²) in [6.45, 7) is -0.258. The SMILES string of the molecule is O=C(O)CCC(=O)OC1CCCCCCCCCC(CO)OC(=O)C=CC1O. The van der Waals surface area contributed by atoms with Gasteiger partial charge >= 0.3 is 17.9 Å². The van der Waals surface area contributed by atoms with E-state index in [0.717, 1.165) is 51.0 Å². The van der Waals surface area contributed by atoms with Gasteiger partial charge in [-0.1, -0.05) is 32.1 Å². The number of ether oxygens (including phenoxy) is 2. The second kappa shape index (κ2) is 14.1. The molecule has 0 saturated heterocycles. The van der Waals surface area contributed by atoms with E-state index in [2.05, 4.69) is 0 Å². The summed E-state index contributed by atoms with van der Waals surface area (Å²) in [5.41, 5.74) is 0. The van der Waals surface area contributed by atoms with Crippen molar-refractivity contribution in [3.05, 3.63) is 12.2 Å². The minimum Gasteiger partial charge on any atom is -0.481 e. The molecule has 8 heteroatoms. The van der Waals surface area contributed by atoms with Gasteiger partial charge in [-0.2, -0.15) is 0 Å². The molecule has 0 aliphatic carbocycles. The monoisotopic (exact) mass is 400 g/mol. The summed E-state index contributed by atoms with van der Waals surface area (Å²) < 4.78 is 10.4. The summed E-state index contributed by atoms with van der Waals surface area (Å²) in [5.74, 6) is -2.48. The minimum absolute atomic E-state index is 0.258. The van der Waals surface area contributed by atoms with E-state index in [1.165, 1.54) is 6.08 Å². The van der Waals surface area contributed by atoms with E-state index in [4.69, 9.17) is 14.6 Å². The van der Waals surface area contributed by atoms with Gasteiger partial charge in [0.15, 0.2) is 0 Å². The topological polar surface area (TPSA) is 130 Å². The molecule has 0 fully saturated rings. The van der Waals surface area contributed by atoms with Gasteiger partial charge in [-0.25, -0.2) is 4.79 Å². The van der Waals surface area contributed by atoms with Gasteiger partial charge in [-0.15, -0.1) is 0 Å². The second-order valence-corrected chi connectivity index (χ2v) is 7.07. The van der Waals surface area contributed by atoms with Crippen LogP contribution in [0.25, 0.3) is 0 Å². The summed E-state index contributed by atoms with van der Waals surface area (Å²) in [6.07, 6.45) is 6.73. The fraction of sp³-hybridized carbons (Fsp3) is 0.750. The highest BCUT2D eigenvalue weighted by Gasteiger charge is 2.22. The van der Waals surface area contributed by atoms with Crippen molar-refractivity contribution in [2.24, 2.45) is 0 Å². The van der Waals surface area contributed by atoms with Crippen LogP contribution >= 0.6 is 0 Å². The van der Waals surface area contributed by atoms with Crippen LogP contribution < -0.4 is 0 Å². The van der Waals surface area contributed by atoms with E-state index >= 15 is 0 Å². The van der Waals surface area contributed by atoms with Gasteiger partial charge in [0.2, 0.25) is 0 Å². The Kier molecular flexibility index (Phi) is 12.2. The molecule has 8 nitrogen and oxygen atoms in total. The molecule has 3 atom stereocenters. The van der Waals surface area contributed by atoms with Crippen molar-refractivity contribution in [1.29, 1.82) is 0 Å². The Balaban J connectivity index is 2.72. The van der Waals surface area contributed by atoms with E-state index in [-0.39, 0.29) is 19.4 Å². The minimum atomic E-state index is -1.21. The Bertz CT molecular complexity index is 516. The molecule has 1 heterocycles. The Morgan fingerprint density at radius 3 is 2.25 bits per heavy atom. The number of carbonyl (C=O) groups is 3. The van der Waals surface area contributed by atoms with Crippen molar-refractivity contribution in [2.75, 3.05) is 6.61 Å². The predicted molar refractivity (Wildman–Crippen MR) is 100 cm³/mol. The maximum Gasteiger partial charge on any atom is 0.330 e. The maximum absolute atomic E-state index is 11.9. The molecule has 0 radical (unpaired) electrons. The molecule has 1 rings (SSSR count). The zero-order valence-electron chi connectivity index (χ0n) is 16.3. The van der Waals surface area contributed by atoms with Crippen molar-refractivity contribution in [3.63, 3.8) is 0 Å². The van der Waals surface area contributed by atoms with Gasteiger partial charge in [0.1, 0.15) is 18.3 Å². The van der Waals surface area contributed by atoms with Crippen molar-refractivity contribution in [1.82, 2.24) is 0 Å². The normalized spacial score (nSPS) is 25.6. The van der Waals surface area contributed by atoms with Crippen molar-refractivity contribution in [2.45, 2.75) is 88.9 Å². The molecule has 28 heavy (non-hydrogen) atoms. The summed E-state index contributed by atoms with van der Waals surface area (Å²) in [4.78, 5) is 34.3. The Labute approximate surface area is 165 Å². The number of hydrogen-bond donors (Lipinski definition) is 3. The highest BCUT2D eigenvalue weighted by atomic mass is 16.6. The molecule has 3 unspecified atom stereocenters. The number of aliphatic hydroxyl groups is 2. The number of aliphatic hydroxyl groups excluding tert-OH is 2. The molecule has 160 valence electrons. The smallest absolute Gasteiger partial charge is 0.330 e. The third kappa shape index (κ3) is 11.0. The second-order valence-electron chi connectivity index (χ2n) is 7.07. The van der Waals surface area contributed by atoms with Gasteiger partial charge < -0.3 is 24.8 Å². The number of esters is 2. The molecular weight excluding hydrogens is 368 g/mol. The van der Waals surface area contributed by atoms with Crippen LogP contribution in [0.1, 0.15) is 70.6 Å². The fourth-order valence-electron chi connectivity index (χ4n) is 3.03. The van der Waals surface area contributed by atoms with Crippen LogP contribution in [0.4, 0.5) is 0 Å². The number of aliphatic carboxylic acids is 1. The number of cyclic esters (lactones) is 1. The first-order valence-electron chi connectivity index (χ1n) is 10.0. The average Bonchev–Trinajstić information content (AvgIpc) is 2.66. The van der Waals surface area contributed by atoms with Crippen LogP contribution in [0, 0.1) is 0 Å². The number of rotatable bonds is 5. The van der Waals surface area contributed by atoms with Crippen molar-refractivity contribution < 1.29 is 39.2 Å². The lowest BCUT2D eigenvalue weighted by Crippen LogP contribution is -2.30. The zero-order chi connectivity index (χ0) is 20.8. The molecule has 0 aromatic heterocycles. The highest BCUT2D eigenvalue weighted by molar-refractivity contribution is 5.82. The van der Waals surface area contributed by atoms with Crippen LogP contribution in [0.3, 0.4) is 0 Å². The maximum atomic E-state index is 11.9. The van der Waals surface area contributed by atoms with Gasteiger partial charge in [-0.05, 0) is 31.8 Å².